The van der Waals surface area contributed by atoms with Crippen LogP contribution in [-0.4, -0.2) is 23.2 Å². The third-order valence-corrected chi connectivity index (χ3v) is 4.12. The van der Waals surface area contributed by atoms with Gasteiger partial charge in [0.05, 0.1) is 6.04 Å². The maximum atomic E-state index is 12.1. The lowest BCUT2D eigenvalue weighted by Gasteiger charge is -2.26. The first-order chi connectivity index (χ1) is 11.2. The number of ketones is 1. The summed E-state index contributed by atoms with van der Waals surface area (Å²) < 4.78 is 0. The number of nitrogens with zero attached hydrogens (tertiary/aromatic N) is 1. The molecule has 4 unspecified atom stereocenters. The summed E-state index contributed by atoms with van der Waals surface area (Å²) in [5.74, 6) is 0.422. The number of hydrazine groups is 1. The second-order valence-electron chi connectivity index (χ2n) is 5.84. The highest BCUT2D eigenvalue weighted by Gasteiger charge is 2.39. The summed E-state index contributed by atoms with van der Waals surface area (Å²) in [6, 6.07) is 10.1. The highest BCUT2D eigenvalue weighted by molar-refractivity contribution is 5.96. The lowest BCUT2D eigenvalue weighted by Crippen LogP contribution is -2.43. The maximum Gasteiger partial charge on any atom is 0.190 e. The number of allylic oxidation sites excluding steroid dienone is 2. The zero-order chi connectivity index (χ0) is 16.2. The van der Waals surface area contributed by atoms with Crippen molar-refractivity contribution in [3.05, 3.63) is 65.8 Å². The number of hydrogen-bond donors (Lipinski definition) is 1. The second kappa shape index (κ2) is 7.04. The van der Waals surface area contributed by atoms with Crippen LogP contribution >= 0.6 is 0 Å². The summed E-state index contributed by atoms with van der Waals surface area (Å²) in [6.07, 6.45) is 10.4. The van der Waals surface area contributed by atoms with Crippen LogP contribution in [0.15, 0.2) is 60.2 Å². The van der Waals surface area contributed by atoms with Crippen molar-refractivity contribution in [3.63, 3.8) is 0 Å². The van der Waals surface area contributed by atoms with Gasteiger partial charge in [0.2, 0.25) is 0 Å². The predicted molar refractivity (Wildman–Crippen MR) is 90.8 cm³/mol. The molecule has 4 heteroatoms. The first-order valence-corrected chi connectivity index (χ1v) is 8.06. The van der Waals surface area contributed by atoms with Crippen LogP contribution in [0.4, 0.5) is 0 Å². The molecular weight excluding hydrogens is 288 g/mol. The Morgan fingerprint density at radius 2 is 2.13 bits per heavy atom. The van der Waals surface area contributed by atoms with E-state index in [9.17, 15) is 4.79 Å². The Balaban J connectivity index is 1.60. The van der Waals surface area contributed by atoms with E-state index in [1.165, 1.54) is 0 Å². The van der Waals surface area contributed by atoms with E-state index in [1.807, 2.05) is 61.6 Å². The molecule has 4 nitrogen and oxygen atoms in total. The van der Waals surface area contributed by atoms with Crippen molar-refractivity contribution in [2.45, 2.75) is 32.5 Å². The van der Waals surface area contributed by atoms with E-state index in [4.69, 9.17) is 4.84 Å². The molecule has 1 heterocycles. The van der Waals surface area contributed by atoms with E-state index in [0.29, 0.717) is 6.42 Å². The van der Waals surface area contributed by atoms with Crippen LogP contribution in [0.3, 0.4) is 0 Å². The van der Waals surface area contributed by atoms with Crippen LogP contribution in [0, 0.1) is 5.92 Å². The average molecular weight is 310 g/mol. The van der Waals surface area contributed by atoms with Gasteiger partial charge in [-0.15, -0.1) is 0 Å². The van der Waals surface area contributed by atoms with Gasteiger partial charge < -0.3 is 0 Å². The van der Waals surface area contributed by atoms with Crippen molar-refractivity contribution in [3.8, 4) is 0 Å². The summed E-state index contributed by atoms with van der Waals surface area (Å²) >= 11 is 0. The molecule has 1 aliphatic carbocycles. The quantitative estimate of drug-likeness (QED) is 0.819. The fraction of sp³-hybridized carbons (Fsp3) is 0.316. The Bertz CT molecular complexity index is 649. The second-order valence-corrected chi connectivity index (χ2v) is 5.84. The van der Waals surface area contributed by atoms with Crippen molar-refractivity contribution < 1.29 is 9.63 Å². The monoisotopic (exact) mass is 310 g/mol. The lowest BCUT2D eigenvalue weighted by molar-refractivity contribution is -0.115. The minimum atomic E-state index is -0.0914. The molecule has 23 heavy (non-hydrogen) atoms. The van der Waals surface area contributed by atoms with Gasteiger partial charge >= 0.3 is 0 Å². The van der Waals surface area contributed by atoms with E-state index in [2.05, 4.69) is 18.4 Å². The first kappa shape index (κ1) is 15.9. The molecule has 2 aliphatic rings. The van der Waals surface area contributed by atoms with Crippen LogP contribution in [0.2, 0.25) is 0 Å². The van der Waals surface area contributed by atoms with Crippen LogP contribution in [0.25, 0.3) is 6.08 Å². The standard InChI is InChI=1S/C19H22N2O2/c1-3-17(22)16-11-7-8-14(2)19(16)20-21-18(23-21)13-12-15-9-5-4-6-10-15/h4-14,18-20H,3H2,1-2H3/b13-12+. The molecule has 120 valence electrons. The van der Waals surface area contributed by atoms with Gasteiger partial charge in [0.15, 0.2) is 12.0 Å². The number of hydrogen-bond acceptors (Lipinski definition) is 4. The molecule has 0 amide bonds. The van der Waals surface area contributed by atoms with Crippen molar-refractivity contribution >= 4 is 11.9 Å². The van der Waals surface area contributed by atoms with Crippen LogP contribution < -0.4 is 5.43 Å². The zero-order valence-electron chi connectivity index (χ0n) is 13.5. The Labute approximate surface area is 137 Å². The normalized spacial score (nSPS) is 29.6. The summed E-state index contributed by atoms with van der Waals surface area (Å²) in [4.78, 5) is 17.6. The molecule has 1 N–H and O–H groups in total. The topological polar surface area (TPSA) is 44.6 Å². The van der Waals surface area contributed by atoms with Crippen LogP contribution in [0.1, 0.15) is 25.8 Å². The van der Waals surface area contributed by atoms with Gasteiger partial charge in [-0.1, -0.05) is 73.7 Å². The molecule has 1 saturated heterocycles. The summed E-state index contributed by atoms with van der Waals surface area (Å²) in [7, 11) is 0. The summed E-state index contributed by atoms with van der Waals surface area (Å²) in [6.45, 7) is 3.99. The summed E-state index contributed by atoms with van der Waals surface area (Å²) in [5, 5.41) is 1.70. The number of hydroxylamine groups is 1. The molecule has 0 saturated carbocycles. The van der Waals surface area contributed by atoms with Crippen molar-refractivity contribution in [1.29, 1.82) is 0 Å². The van der Waals surface area contributed by atoms with Gasteiger partial charge in [0.1, 0.15) is 0 Å². The average Bonchev–Trinajstić information content (AvgIpc) is 3.33. The van der Waals surface area contributed by atoms with Gasteiger partial charge in [-0.3, -0.25) is 9.63 Å². The first-order valence-electron chi connectivity index (χ1n) is 8.06. The fourth-order valence-corrected chi connectivity index (χ4v) is 2.69. The highest BCUT2D eigenvalue weighted by atomic mass is 16.9. The number of rotatable bonds is 6. The lowest BCUT2D eigenvalue weighted by atomic mass is 9.87. The molecule has 1 aromatic rings. The molecule has 1 aromatic carbocycles. The predicted octanol–water partition coefficient (Wildman–Crippen LogP) is 3.26. The number of carbonyl (C=O) groups is 1. The smallest absolute Gasteiger partial charge is 0.190 e. The molecule has 1 aliphatic heterocycles. The van der Waals surface area contributed by atoms with Gasteiger partial charge in [0.25, 0.3) is 0 Å². The van der Waals surface area contributed by atoms with Crippen molar-refractivity contribution in [2.24, 2.45) is 5.92 Å². The molecule has 3 rings (SSSR count). The number of carbonyl (C=O) groups excluding carboxylic acids is 1. The van der Waals surface area contributed by atoms with E-state index < -0.39 is 0 Å². The fourth-order valence-electron chi connectivity index (χ4n) is 2.69. The summed E-state index contributed by atoms with van der Waals surface area (Å²) in [5.41, 5.74) is 5.27. The van der Waals surface area contributed by atoms with E-state index in [-0.39, 0.29) is 24.0 Å². The van der Waals surface area contributed by atoms with E-state index in [1.54, 1.807) is 5.17 Å². The molecule has 0 bridgehead atoms. The Hall–Kier alpha value is -2.01. The zero-order valence-corrected chi connectivity index (χ0v) is 13.5. The molecule has 4 atom stereocenters. The van der Waals surface area contributed by atoms with E-state index in [0.717, 1.165) is 11.1 Å². The Kier molecular flexibility index (Phi) is 4.86. The third-order valence-electron chi connectivity index (χ3n) is 4.12. The van der Waals surface area contributed by atoms with Crippen molar-refractivity contribution in [1.82, 2.24) is 10.6 Å². The molecular formula is C19H22N2O2. The van der Waals surface area contributed by atoms with Gasteiger partial charge in [0, 0.05) is 12.0 Å². The Morgan fingerprint density at radius 3 is 2.87 bits per heavy atom. The van der Waals surface area contributed by atoms with Crippen molar-refractivity contribution in [2.75, 3.05) is 0 Å². The molecule has 0 radical (unpaired) electrons. The Morgan fingerprint density at radius 1 is 1.35 bits per heavy atom. The number of benzene rings is 1. The third kappa shape index (κ3) is 3.85. The molecule has 0 spiro atoms. The minimum absolute atomic E-state index is 0.0393. The molecule has 0 aromatic heterocycles. The molecule has 1 fully saturated rings. The minimum Gasteiger partial charge on any atom is -0.295 e. The van der Waals surface area contributed by atoms with E-state index >= 15 is 0 Å². The van der Waals surface area contributed by atoms with Gasteiger partial charge in [-0.05, 0) is 17.6 Å². The number of nitrogens with one attached hydrogen (secondary N) is 1. The van der Waals surface area contributed by atoms with Gasteiger partial charge in [-0.2, -0.15) is 0 Å². The van der Waals surface area contributed by atoms with Crippen LogP contribution in [0.5, 0.6) is 0 Å². The van der Waals surface area contributed by atoms with Gasteiger partial charge in [-0.25, -0.2) is 5.43 Å². The highest BCUT2D eigenvalue weighted by Crippen LogP contribution is 2.26. The van der Waals surface area contributed by atoms with Crippen LogP contribution in [-0.2, 0) is 9.63 Å². The maximum absolute atomic E-state index is 12.1. The largest absolute Gasteiger partial charge is 0.295 e. The number of Topliss-reactive ketones (excluding diaryl/α,β-unsaturated/α-hetero) is 1. The SMILES string of the molecule is CCC(=O)C1=CC=CC(C)C1NN1OC1/C=C/c1ccccc1.